The Labute approximate surface area is 101 Å². The standard InChI is InChI=1S/C10H21N3O2S/c1-7(16-4)5-6-12-9(14)10(2,3)8(11)13-15/h7,15H,5-6H2,1-4H3,(H2,11,13)(H,12,14). The molecular weight excluding hydrogens is 226 g/mol. The summed E-state index contributed by atoms with van der Waals surface area (Å²) in [6.07, 6.45) is 2.94. The van der Waals surface area contributed by atoms with Crippen molar-refractivity contribution in [2.45, 2.75) is 32.4 Å². The summed E-state index contributed by atoms with van der Waals surface area (Å²) in [6, 6.07) is 0. The van der Waals surface area contributed by atoms with Crippen LogP contribution in [-0.2, 0) is 4.79 Å². The summed E-state index contributed by atoms with van der Waals surface area (Å²) in [6.45, 7) is 5.94. The molecule has 0 bridgehead atoms. The van der Waals surface area contributed by atoms with E-state index in [0.717, 1.165) is 6.42 Å². The number of oxime groups is 1. The van der Waals surface area contributed by atoms with Gasteiger partial charge in [0, 0.05) is 11.8 Å². The number of nitrogens with two attached hydrogens (primary N) is 1. The van der Waals surface area contributed by atoms with E-state index in [1.807, 2.05) is 6.26 Å². The van der Waals surface area contributed by atoms with Gasteiger partial charge in [0.1, 0.15) is 5.41 Å². The Morgan fingerprint density at radius 1 is 1.62 bits per heavy atom. The lowest BCUT2D eigenvalue weighted by molar-refractivity contribution is -0.126. The monoisotopic (exact) mass is 247 g/mol. The fraction of sp³-hybridized carbons (Fsp3) is 0.800. The second-order valence-electron chi connectivity index (χ2n) is 4.20. The van der Waals surface area contributed by atoms with Crippen LogP contribution in [0.1, 0.15) is 27.2 Å². The number of thioether (sulfide) groups is 1. The third-order valence-corrected chi connectivity index (χ3v) is 3.59. The van der Waals surface area contributed by atoms with E-state index in [4.69, 9.17) is 10.9 Å². The summed E-state index contributed by atoms with van der Waals surface area (Å²) >= 11 is 1.76. The average Bonchev–Trinajstić information content (AvgIpc) is 2.27. The number of rotatable bonds is 6. The van der Waals surface area contributed by atoms with E-state index in [1.165, 1.54) is 0 Å². The maximum atomic E-state index is 11.7. The molecule has 0 radical (unpaired) electrons. The maximum absolute atomic E-state index is 11.7. The quantitative estimate of drug-likeness (QED) is 0.283. The SMILES string of the molecule is CSC(C)CCNC(=O)C(C)(C)C(N)=NO. The van der Waals surface area contributed by atoms with Crippen molar-refractivity contribution in [3.05, 3.63) is 0 Å². The first-order valence-corrected chi connectivity index (χ1v) is 6.44. The molecule has 0 rings (SSSR count). The van der Waals surface area contributed by atoms with Gasteiger partial charge in [0.2, 0.25) is 5.91 Å². The number of carbonyl (C=O) groups excluding carboxylic acids is 1. The van der Waals surface area contributed by atoms with Crippen LogP contribution in [0.15, 0.2) is 5.16 Å². The molecule has 0 aliphatic carbocycles. The molecule has 0 aromatic carbocycles. The van der Waals surface area contributed by atoms with E-state index in [-0.39, 0.29) is 11.7 Å². The van der Waals surface area contributed by atoms with Crippen LogP contribution < -0.4 is 11.1 Å². The number of hydrogen-bond donors (Lipinski definition) is 3. The summed E-state index contributed by atoms with van der Waals surface area (Å²) in [4.78, 5) is 11.7. The minimum Gasteiger partial charge on any atom is -0.409 e. The lowest BCUT2D eigenvalue weighted by Gasteiger charge is -2.22. The van der Waals surface area contributed by atoms with Crippen molar-refractivity contribution < 1.29 is 10.0 Å². The van der Waals surface area contributed by atoms with E-state index in [2.05, 4.69) is 17.4 Å². The molecule has 5 nitrogen and oxygen atoms in total. The molecule has 4 N–H and O–H groups in total. The van der Waals surface area contributed by atoms with Crippen molar-refractivity contribution in [2.24, 2.45) is 16.3 Å². The minimum atomic E-state index is -0.975. The average molecular weight is 247 g/mol. The zero-order valence-corrected chi connectivity index (χ0v) is 11.1. The van der Waals surface area contributed by atoms with Crippen molar-refractivity contribution >= 4 is 23.5 Å². The van der Waals surface area contributed by atoms with E-state index >= 15 is 0 Å². The van der Waals surface area contributed by atoms with Gasteiger partial charge in [-0.3, -0.25) is 4.79 Å². The van der Waals surface area contributed by atoms with Gasteiger partial charge in [-0.1, -0.05) is 12.1 Å². The second-order valence-corrected chi connectivity index (χ2v) is 5.48. The lowest BCUT2D eigenvalue weighted by atomic mass is 9.91. The smallest absolute Gasteiger partial charge is 0.233 e. The lowest BCUT2D eigenvalue weighted by Crippen LogP contribution is -2.46. The zero-order valence-electron chi connectivity index (χ0n) is 10.3. The van der Waals surface area contributed by atoms with E-state index in [1.54, 1.807) is 25.6 Å². The molecule has 0 saturated carbocycles. The summed E-state index contributed by atoms with van der Waals surface area (Å²) < 4.78 is 0. The molecule has 0 spiro atoms. The Hall–Kier alpha value is -0.910. The van der Waals surface area contributed by atoms with Gasteiger partial charge in [-0.15, -0.1) is 0 Å². The van der Waals surface area contributed by atoms with Gasteiger partial charge in [0.05, 0.1) is 0 Å². The normalized spacial score (nSPS) is 14.6. The van der Waals surface area contributed by atoms with E-state index in [9.17, 15) is 4.79 Å². The van der Waals surface area contributed by atoms with Gasteiger partial charge in [-0.2, -0.15) is 11.8 Å². The van der Waals surface area contributed by atoms with Gasteiger partial charge >= 0.3 is 0 Å². The van der Waals surface area contributed by atoms with Crippen molar-refractivity contribution in [3.63, 3.8) is 0 Å². The third kappa shape index (κ3) is 4.30. The van der Waals surface area contributed by atoms with Crippen LogP contribution in [0.25, 0.3) is 0 Å². The molecule has 0 fully saturated rings. The summed E-state index contributed by atoms with van der Waals surface area (Å²) in [5, 5.41) is 14.7. The molecule has 1 amide bonds. The van der Waals surface area contributed by atoms with E-state index in [0.29, 0.717) is 11.8 Å². The predicted octanol–water partition coefficient (Wildman–Crippen LogP) is 1.02. The fourth-order valence-electron chi connectivity index (χ4n) is 0.969. The summed E-state index contributed by atoms with van der Waals surface area (Å²) in [5.41, 5.74) is 4.47. The van der Waals surface area contributed by atoms with Gasteiger partial charge in [-0.05, 0) is 26.5 Å². The van der Waals surface area contributed by atoms with Gasteiger partial charge in [-0.25, -0.2) is 0 Å². The highest BCUT2D eigenvalue weighted by Crippen LogP contribution is 2.15. The third-order valence-electron chi connectivity index (χ3n) is 2.55. The van der Waals surface area contributed by atoms with Crippen LogP contribution >= 0.6 is 11.8 Å². The van der Waals surface area contributed by atoms with Crippen LogP contribution in [0, 0.1) is 5.41 Å². The highest BCUT2D eigenvalue weighted by molar-refractivity contribution is 7.99. The Kier molecular flexibility index (Phi) is 6.25. The first-order valence-electron chi connectivity index (χ1n) is 5.15. The first-order chi connectivity index (χ1) is 7.36. The molecular formula is C10H21N3O2S. The number of nitrogens with zero attached hydrogens (tertiary/aromatic N) is 1. The molecule has 0 heterocycles. The van der Waals surface area contributed by atoms with Crippen LogP contribution in [0.2, 0.25) is 0 Å². The summed E-state index contributed by atoms with van der Waals surface area (Å²) in [7, 11) is 0. The molecule has 16 heavy (non-hydrogen) atoms. The number of nitrogens with one attached hydrogen (secondary N) is 1. The highest BCUT2D eigenvalue weighted by atomic mass is 32.2. The van der Waals surface area contributed by atoms with E-state index < -0.39 is 5.41 Å². The van der Waals surface area contributed by atoms with Crippen molar-refractivity contribution in [1.82, 2.24) is 5.32 Å². The fourth-order valence-corrected chi connectivity index (χ4v) is 1.32. The van der Waals surface area contributed by atoms with Crippen molar-refractivity contribution in [2.75, 3.05) is 12.8 Å². The van der Waals surface area contributed by atoms with Crippen molar-refractivity contribution in [1.29, 1.82) is 0 Å². The molecule has 1 atom stereocenters. The van der Waals surface area contributed by atoms with Crippen LogP contribution in [-0.4, -0.2) is 35.0 Å². The predicted molar refractivity (Wildman–Crippen MR) is 67.8 cm³/mol. The van der Waals surface area contributed by atoms with Gasteiger partial charge in [0.15, 0.2) is 5.84 Å². The molecule has 0 aliphatic heterocycles. The first kappa shape index (κ1) is 15.1. The summed E-state index contributed by atoms with van der Waals surface area (Å²) in [5.74, 6) is -0.306. The number of carbonyl (C=O) groups is 1. The molecule has 0 aromatic rings. The molecule has 94 valence electrons. The molecule has 0 aliphatic rings. The topological polar surface area (TPSA) is 87.7 Å². The minimum absolute atomic E-state index is 0.0806. The zero-order chi connectivity index (χ0) is 12.8. The Morgan fingerprint density at radius 2 is 2.19 bits per heavy atom. The number of amidine groups is 1. The Bertz CT molecular complexity index is 267. The molecule has 6 heteroatoms. The van der Waals surface area contributed by atoms with Gasteiger partial charge < -0.3 is 16.3 Å². The second kappa shape index (κ2) is 6.62. The maximum Gasteiger partial charge on any atom is 0.233 e. The van der Waals surface area contributed by atoms with Gasteiger partial charge in [0.25, 0.3) is 0 Å². The Morgan fingerprint density at radius 3 is 2.62 bits per heavy atom. The Balaban J connectivity index is 4.16. The van der Waals surface area contributed by atoms with Crippen LogP contribution in [0.4, 0.5) is 0 Å². The molecule has 0 saturated heterocycles. The van der Waals surface area contributed by atoms with Crippen LogP contribution in [0.5, 0.6) is 0 Å². The molecule has 1 unspecified atom stereocenters. The van der Waals surface area contributed by atoms with Crippen molar-refractivity contribution in [3.8, 4) is 0 Å². The number of amides is 1. The largest absolute Gasteiger partial charge is 0.409 e. The molecule has 0 aromatic heterocycles. The highest BCUT2D eigenvalue weighted by Gasteiger charge is 2.32. The number of hydrogen-bond acceptors (Lipinski definition) is 4. The van der Waals surface area contributed by atoms with Crippen LogP contribution in [0.3, 0.4) is 0 Å².